The summed E-state index contributed by atoms with van der Waals surface area (Å²) < 4.78 is 11.7. The van der Waals surface area contributed by atoms with E-state index in [0.29, 0.717) is 0 Å². The fraction of sp³-hybridized carbons (Fsp3) is 0.273. The van der Waals surface area contributed by atoms with E-state index in [1.54, 1.807) is 34.2 Å². The lowest BCUT2D eigenvalue weighted by Gasteiger charge is -2.30. The monoisotopic (exact) mass is 442 g/mol. The Hall–Kier alpha value is -2.58. The molecule has 1 aromatic carbocycles. The summed E-state index contributed by atoms with van der Waals surface area (Å²) >= 11 is 3.61. The maximum Gasteiger partial charge on any atom is 0.418 e. The van der Waals surface area contributed by atoms with Gasteiger partial charge >= 0.3 is 12.1 Å². The number of thioether (sulfide) groups is 2. The van der Waals surface area contributed by atoms with E-state index in [1.165, 1.54) is 20.3 Å². The van der Waals surface area contributed by atoms with Crippen molar-refractivity contribution in [3.8, 4) is 0 Å². The summed E-state index contributed by atoms with van der Waals surface area (Å²) in [5, 5.41) is 1.99. The SMILES string of the molecule is COC(=O)/C=C/C1=CN(C)C=CC1c1c(C2SCS2)n(C(=O)OC)c2ccccc12. The maximum atomic E-state index is 12.8. The molecule has 30 heavy (non-hydrogen) atoms. The molecule has 6 nitrogen and oxygen atoms in total. The Morgan fingerprint density at radius 1 is 1.17 bits per heavy atom. The predicted molar refractivity (Wildman–Crippen MR) is 121 cm³/mol. The van der Waals surface area contributed by atoms with Crippen molar-refractivity contribution in [2.45, 2.75) is 10.5 Å². The molecule has 1 fully saturated rings. The third kappa shape index (κ3) is 3.65. The van der Waals surface area contributed by atoms with Crippen LogP contribution < -0.4 is 0 Å². The Morgan fingerprint density at radius 3 is 2.60 bits per heavy atom. The van der Waals surface area contributed by atoms with Crippen molar-refractivity contribution in [2.75, 3.05) is 26.4 Å². The Morgan fingerprint density at radius 2 is 1.93 bits per heavy atom. The van der Waals surface area contributed by atoms with Crippen LogP contribution in [0.15, 0.2) is 60.5 Å². The number of allylic oxidation sites excluding steroid dienone is 3. The van der Waals surface area contributed by atoms with Crippen molar-refractivity contribution in [1.82, 2.24) is 9.47 Å². The van der Waals surface area contributed by atoms with Crippen LogP contribution in [-0.4, -0.2) is 47.9 Å². The smallest absolute Gasteiger partial charge is 0.418 e. The molecule has 0 saturated carbocycles. The summed E-state index contributed by atoms with van der Waals surface area (Å²) in [6.45, 7) is 0. The second-order valence-corrected chi connectivity index (χ2v) is 9.73. The number of ether oxygens (including phenoxy) is 2. The normalized spacial score (nSPS) is 19.1. The van der Waals surface area contributed by atoms with E-state index >= 15 is 0 Å². The van der Waals surface area contributed by atoms with E-state index in [-0.39, 0.29) is 10.5 Å². The molecule has 0 N–H and O–H groups in total. The molecule has 3 heterocycles. The molecule has 1 saturated heterocycles. The molecular weight excluding hydrogens is 420 g/mol. The second-order valence-electron chi connectivity index (χ2n) is 6.87. The minimum Gasteiger partial charge on any atom is -0.466 e. The molecule has 0 radical (unpaired) electrons. The van der Waals surface area contributed by atoms with Gasteiger partial charge in [0, 0.05) is 41.9 Å². The van der Waals surface area contributed by atoms with Crippen LogP contribution in [-0.2, 0) is 14.3 Å². The largest absolute Gasteiger partial charge is 0.466 e. The Kier molecular flexibility index (Phi) is 5.97. The number of hydrogen-bond donors (Lipinski definition) is 0. The van der Waals surface area contributed by atoms with E-state index < -0.39 is 12.1 Å². The van der Waals surface area contributed by atoms with E-state index in [1.807, 2.05) is 48.6 Å². The quantitative estimate of drug-likeness (QED) is 0.496. The molecule has 2 aromatic rings. The molecule has 1 unspecified atom stereocenters. The highest BCUT2D eigenvalue weighted by molar-refractivity contribution is 8.31. The molecule has 0 aliphatic carbocycles. The van der Waals surface area contributed by atoms with E-state index in [9.17, 15) is 9.59 Å². The second kappa shape index (κ2) is 8.65. The molecule has 2 aliphatic rings. The topological polar surface area (TPSA) is 60.8 Å². The fourth-order valence-electron chi connectivity index (χ4n) is 3.76. The number of methoxy groups -OCH3 is 2. The third-order valence-electron chi connectivity index (χ3n) is 5.12. The van der Waals surface area contributed by atoms with Crippen molar-refractivity contribution < 1.29 is 19.1 Å². The van der Waals surface area contributed by atoms with Gasteiger partial charge in [-0.15, -0.1) is 23.5 Å². The average Bonchev–Trinajstić information content (AvgIpc) is 3.04. The van der Waals surface area contributed by atoms with Gasteiger partial charge in [-0.2, -0.15) is 0 Å². The number of carbonyl (C=O) groups excluding carboxylic acids is 2. The van der Waals surface area contributed by atoms with Gasteiger partial charge in [0.2, 0.25) is 0 Å². The number of nitrogens with zero attached hydrogens (tertiary/aromatic N) is 2. The third-order valence-corrected chi connectivity index (χ3v) is 8.08. The highest BCUT2D eigenvalue weighted by Gasteiger charge is 2.35. The molecule has 4 rings (SSSR count). The molecule has 0 amide bonds. The molecular formula is C22H22N2O4S2. The number of para-hydroxylation sites is 1. The number of hydrogen-bond acceptors (Lipinski definition) is 7. The van der Waals surface area contributed by atoms with Crippen LogP contribution in [0.2, 0.25) is 0 Å². The van der Waals surface area contributed by atoms with Crippen molar-refractivity contribution in [2.24, 2.45) is 0 Å². The lowest BCUT2D eigenvalue weighted by molar-refractivity contribution is -0.134. The zero-order valence-electron chi connectivity index (χ0n) is 16.9. The van der Waals surface area contributed by atoms with Crippen molar-refractivity contribution >= 4 is 46.5 Å². The Labute approximate surface area is 183 Å². The zero-order chi connectivity index (χ0) is 21.3. The summed E-state index contributed by atoms with van der Waals surface area (Å²) in [7, 11) is 4.70. The van der Waals surface area contributed by atoms with Gasteiger partial charge in [0.25, 0.3) is 0 Å². The number of benzene rings is 1. The highest BCUT2D eigenvalue weighted by atomic mass is 32.3. The van der Waals surface area contributed by atoms with Crippen molar-refractivity contribution in [1.29, 1.82) is 0 Å². The molecule has 1 aromatic heterocycles. The number of rotatable bonds is 4. The van der Waals surface area contributed by atoms with Crippen LogP contribution in [0, 0.1) is 0 Å². The lowest BCUT2D eigenvalue weighted by Crippen LogP contribution is -2.19. The summed E-state index contributed by atoms with van der Waals surface area (Å²) in [6, 6.07) is 7.88. The van der Waals surface area contributed by atoms with Gasteiger partial charge in [0.05, 0.1) is 30.0 Å². The first-order chi connectivity index (χ1) is 14.5. The molecule has 156 valence electrons. The first-order valence-electron chi connectivity index (χ1n) is 9.38. The standard InChI is InChI=1S/C22H22N2O4S2/c1-23-11-10-15(14(12-23)8-9-18(25)27-2)19-16-6-4-5-7-17(16)24(22(26)28-3)20(19)21-29-13-30-21/h4-12,15,21H,13H2,1-3H3/b9-8+. The molecule has 0 spiro atoms. The zero-order valence-corrected chi connectivity index (χ0v) is 18.5. The van der Waals surface area contributed by atoms with E-state index in [0.717, 1.165) is 32.8 Å². The highest BCUT2D eigenvalue weighted by Crippen LogP contribution is 2.55. The first-order valence-corrected chi connectivity index (χ1v) is 11.5. The minimum atomic E-state index is -0.408. The Bertz CT molecular complexity index is 1080. The van der Waals surface area contributed by atoms with Gasteiger partial charge in [-0.1, -0.05) is 24.3 Å². The average molecular weight is 443 g/mol. The van der Waals surface area contributed by atoms with Gasteiger partial charge < -0.3 is 14.4 Å². The number of esters is 1. The summed E-state index contributed by atoms with van der Waals surface area (Å²) in [5.41, 5.74) is 3.77. The maximum absolute atomic E-state index is 12.8. The lowest BCUT2D eigenvalue weighted by atomic mass is 9.87. The first kappa shape index (κ1) is 20.7. The van der Waals surface area contributed by atoms with Gasteiger partial charge in [0.1, 0.15) is 0 Å². The number of fused-ring (bicyclic) bond motifs is 1. The van der Waals surface area contributed by atoms with Crippen LogP contribution in [0.25, 0.3) is 10.9 Å². The summed E-state index contributed by atoms with van der Waals surface area (Å²) in [4.78, 5) is 26.4. The van der Waals surface area contributed by atoms with Crippen LogP contribution in [0.3, 0.4) is 0 Å². The molecule has 1 atom stereocenters. The Balaban J connectivity index is 1.94. The molecule has 8 heteroatoms. The predicted octanol–water partition coefficient (Wildman–Crippen LogP) is 4.85. The van der Waals surface area contributed by atoms with Crippen LogP contribution in [0.5, 0.6) is 0 Å². The molecule has 0 bridgehead atoms. The van der Waals surface area contributed by atoms with Gasteiger partial charge in [-0.25, -0.2) is 14.2 Å². The van der Waals surface area contributed by atoms with Crippen LogP contribution in [0.1, 0.15) is 21.8 Å². The van der Waals surface area contributed by atoms with Crippen LogP contribution in [0.4, 0.5) is 4.79 Å². The number of aromatic nitrogens is 1. The summed E-state index contributed by atoms with van der Waals surface area (Å²) in [5.74, 6) is -0.524. The van der Waals surface area contributed by atoms with Crippen LogP contribution >= 0.6 is 23.5 Å². The van der Waals surface area contributed by atoms with Gasteiger partial charge in [-0.3, -0.25) is 0 Å². The van der Waals surface area contributed by atoms with E-state index in [4.69, 9.17) is 9.47 Å². The van der Waals surface area contributed by atoms with Gasteiger partial charge in [-0.05, 0) is 23.3 Å². The fourth-order valence-corrected chi connectivity index (χ4v) is 5.63. The summed E-state index contributed by atoms with van der Waals surface area (Å²) in [6.07, 6.45) is 8.89. The van der Waals surface area contributed by atoms with Gasteiger partial charge in [0.15, 0.2) is 0 Å². The minimum absolute atomic E-state index is 0.116. The molecule has 2 aliphatic heterocycles. The van der Waals surface area contributed by atoms with E-state index in [2.05, 4.69) is 6.08 Å². The number of carbonyl (C=O) groups is 2. The van der Waals surface area contributed by atoms with Crippen molar-refractivity contribution in [3.63, 3.8) is 0 Å². The van der Waals surface area contributed by atoms with Crippen molar-refractivity contribution in [3.05, 3.63) is 71.7 Å².